The SMILES string of the molecule is CC(C)CC(C(=O)OC(C(F)(F)F)C(F)(F)F)C(C)C. The molecule has 0 bridgehead atoms. The number of carbonyl (C=O) groups is 1. The van der Waals surface area contributed by atoms with Gasteiger partial charge in [0.15, 0.2) is 0 Å². The normalized spacial score (nSPS) is 15.1. The van der Waals surface area contributed by atoms with E-state index in [4.69, 9.17) is 0 Å². The van der Waals surface area contributed by atoms with Gasteiger partial charge in [-0.15, -0.1) is 0 Å². The highest BCUT2D eigenvalue weighted by molar-refractivity contribution is 5.73. The maximum absolute atomic E-state index is 12.3. The average molecular weight is 308 g/mol. The first-order valence-corrected chi connectivity index (χ1v) is 6.10. The largest absolute Gasteiger partial charge is 0.443 e. The number of hydrogen-bond donors (Lipinski definition) is 0. The Kier molecular flexibility index (Phi) is 6.35. The number of halogens is 6. The molecule has 0 radical (unpaired) electrons. The van der Waals surface area contributed by atoms with Gasteiger partial charge >= 0.3 is 18.3 Å². The van der Waals surface area contributed by atoms with Crippen LogP contribution in [-0.2, 0) is 9.53 Å². The summed E-state index contributed by atoms with van der Waals surface area (Å²) in [6, 6.07) is 0. The highest BCUT2D eigenvalue weighted by Crippen LogP contribution is 2.37. The van der Waals surface area contributed by atoms with Crippen molar-refractivity contribution in [2.24, 2.45) is 17.8 Å². The van der Waals surface area contributed by atoms with E-state index in [9.17, 15) is 31.1 Å². The first-order valence-electron chi connectivity index (χ1n) is 6.10. The second-order valence-corrected chi connectivity index (χ2v) is 5.38. The van der Waals surface area contributed by atoms with Gasteiger partial charge in [0.1, 0.15) is 0 Å². The minimum Gasteiger partial charge on any atom is -0.443 e. The first kappa shape index (κ1) is 19.1. The second kappa shape index (κ2) is 6.67. The van der Waals surface area contributed by atoms with E-state index in [1.165, 1.54) is 0 Å². The molecule has 0 aliphatic rings. The summed E-state index contributed by atoms with van der Waals surface area (Å²) in [5.41, 5.74) is 0. The van der Waals surface area contributed by atoms with E-state index in [1.807, 2.05) is 0 Å². The van der Waals surface area contributed by atoms with E-state index < -0.39 is 36.3 Å². The van der Waals surface area contributed by atoms with Gasteiger partial charge in [-0.25, -0.2) is 0 Å². The van der Waals surface area contributed by atoms with E-state index in [0.717, 1.165) is 0 Å². The summed E-state index contributed by atoms with van der Waals surface area (Å²) in [5.74, 6) is -2.92. The Hall–Kier alpha value is -0.950. The summed E-state index contributed by atoms with van der Waals surface area (Å²) in [4.78, 5) is 11.6. The average Bonchev–Trinajstić information content (AvgIpc) is 2.18. The molecule has 0 spiro atoms. The molecule has 0 aromatic heterocycles. The Morgan fingerprint density at radius 1 is 0.950 bits per heavy atom. The zero-order chi connectivity index (χ0) is 16.3. The standard InChI is InChI=1S/C12H18F6O2/c1-6(2)5-8(7(3)4)9(19)20-10(11(13,14)15)12(16,17)18/h6-8,10H,5H2,1-4H3. The number of alkyl halides is 6. The number of rotatable bonds is 5. The molecule has 0 fully saturated rings. The highest BCUT2D eigenvalue weighted by Gasteiger charge is 2.60. The molecule has 0 saturated carbocycles. The van der Waals surface area contributed by atoms with Gasteiger partial charge in [0.2, 0.25) is 0 Å². The maximum Gasteiger partial charge on any atom is 0.434 e. The molecule has 0 amide bonds. The Morgan fingerprint density at radius 3 is 1.60 bits per heavy atom. The van der Waals surface area contributed by atoms with E-state index in [2.05, 4.69) is 4.74 Å². The minimum absolute atomic E-state index is 0.0508. The zero-order valence-electron chi connectivity index (χ0n) is 11.6. The van der Waals surface area contributed by atoms with Crippen LogP contribution < -0.4 is 0 Å². The predicted molar refractivity (Wildman–Crippen MR) is 59.8 cm³/mol. The summed E-state index contributed by atoms with van der Waals surface area (Å²) in [5, 5.41) is 0. The monoisotopic (exact) mass is 308 g/mol. The molecule has 0 aliphatic heterocycles. The lowest BCUT2D eigenvalue weighted by Crippen LogP contribution is -2.47. The smallest absolute Gasteiger partial charge is 0.434 e. The molecule has 1 atom stereocenters. The van der Waals surface area contributed by atoms with Crippen molar-refractivity contribution in [3.8, 4) is 0 Å². The van der Waals surface area contributed by atoms with Crippen molar-refractivity contribution in [2.45, 2.75) is 52.6 Å². The summed E-state index contributed by atoms with van der Waals surface area (Å²) in [6.45, 7) is 6.52. The van der Waals surface area contributed by atoms with E-state index in [1.54, 1.807) is 27.7 Å². The molecule has 120 valence electrons. The summed E-state index contributed by atoms with van der Waals surface area (Å²) < 4.78 is 77.6. The van der Waals surface area contributed by atoms with Gasteiger partial charge in [0.25, 0.3) is 6.10 Å². The molecular weight excluding hydrogens is 290 g/mol. The zero-order valence-corrected chi connectivity index (χ0v) is 11.6. The molecule has 0 aliphatic carbocycles. The van der Waals surface area contributed by atoms with E-state index in [-0.39, 0.29) is 12.3 Å². The van der Waals surface area contributed by atoms with E-state index in [0.29, 0.717) is 0 Å². The first-order chi connectivity index (χ1) is 8.76. The number of esters is 1. The Bertz CT molecular complexity index is 305. The van der Waals surface area contributed by atoms with Gasteiger partial charge in [-0.2, -0.15) is 26.3 Å². The fourth-order valence-corrected chi connectivity index (χ4v) is 1.67. The van der Waals surface area contributed by atoms with Crippen molar-refractivity contribution in [1.82, 2.24) is 0 Å². The molecule has 0 heterocycles. The number of hydrogen-bond acceptors (Lipinski definition) is 2. The van der Waals surface area contributed by atoms with Crippen LogP contribution in [0.25, 0.3) is 0 Å². The Morgan fingerprint density at radius 2 is 1.35 bits per heavy atom. The van der Waals surface area contributed by atoms with Crippen LogP contribution in [0.1, 0.15) is 34.1 Å². The van der Waals surface area contributed by atoms with Crippen LogP contribution in [0.2, 0.25) is 0 Å². The van der Waals surface area contributed by atoms with Crippen LogP contribution in [0.3, 0.4) is 0 Å². The van der Waals surface area contributed by atoms with Crippen molar-refractivity contribution in [3.63, 3.8) is 0 Å². The summed E-state index contributed by atoms with van der Waals surface area (Å²) in [7, 11) is 0. The molecule has 1 unspecified atom stereocenters. The molecule has 20 heavy (non-hydrogen) atoms. The molecule has 8 heteroatoms. The highest BCUT2D eigenvalue weighted by atomic mass is 19.4. The van der Waals surface area contributed by atoms with Gasteiger partial charge in [-0.3, -0.25) is 4.79 Å². The molecule has 2 nitrogen and oxygen atoms in total. The van der Waals surface area contributed by atoms with Gasteiger partial charge in [-0.05, 0) is 18.3 Å². The number of ether oxygens (including phenoxy) is 1. The third-order valence-electron chi connectivity index (χ3n) is 2.66. The summed E-state index contributed by atoms with van der Waals surface area (Å²) in [6.07, 6.45) is -15.3. The fraction of sp³-hybridized carbons (Fsp3) is 0.917. The lowest BCUT2D eigenvalue weighted by molar-refractivity contribution is -0.314. The fourth-order valence-electron chi connectivity index (χ4n) is 1.67. The third kappa shape index (κ3) is 6.00. The minimum atomic E-state index is -5.67. The van der Waals surface area contributed by atoms with Crippen molar-refractivity contribution in [1.29, 1.82) is 0 Å². The van der Waals surface area contributed by atoms with Gasteiger partial charge in [-0.1, -0.05) is 27.7 Å². The Labute approximate surface area is 113 Å². The second-order valence-electron chi connectivity index (χ2n) is 5.38. The molecule has 0 N–H and O–H groups in total. The van der Waals surface area contributed by atoms with Gasteiger partial charge < -0.3 is 4.74 Å². The molecular formula is C12H18F6O2. The third-order valence-corrected chi connectivity index (χ3v) is 2.66. The maximum atomic E-state index is 12.3. The molecule has 0 aromatic rings. The molecule has 0 saturated heterocycles. The molecule has 0 rings (SSSR count). The molecule has 0 aromatic carbocycles. The van der Waals surface area contributed by atoms with E-state index >= 15 is 0 Å². The topological polar surface area (TPSA) is 26.3 Å². The van der Waals surface area contributed by atoms with Gasteiger partial charge in [0, 0.05) is 0 Å². The van der Waals surface area contributed by atoms with Gasteiger partial charge in [0.05, 0.1) is 5.92 Å². The van der Waals surface area contributed by atoms with Crippen molar-refractivity contribution in [3.05, 3.63) is 0 Å². The van der Waals surface area contributed by atoms with Crippen LogP contribution in [-0.4, -0.2) is 24.4 Å². The van der Waals surface area contributed by atoms with Crippen LogP contribution in [0.4, 0.5) is 26.3 Å². The van der Waals surface area contributed by atoms with Crippen molar-refractivity contribution < 1.29 is 35.9 Å². The Balaban J connectivity index is 5.08. The number of carbonyl (C=O) groups excluding carboxylic acids is 1. The van der Waals surface area contributed by atoms with Crippen molar-refractivity contribution >= 4 is 5.97 Å². The van der Waals surface area contributed by atoms with Crippen LogP contribution in [0.15, 0.2) is 0 Å². The van der Waals surface area contributed by atoms with Crippen LogP contribution in [0.5, 0.6) is 0 Å². The summed E-state index contributed by atoms with van der Waals surface area (Å²) >= 11 is 0. The lowest BCUT2D eigenvalue weighted by Gasteiger charge is -2.27. The van der Waals surface area contributed by atoms with Crippen LogP contribution >= 0.6 is 0 Å². The lowest BCUT2D eigenvalue weighted by atomic mass is 9.88. The van der Waals surface area contributed by atoms with Crippen LogP contribution in [0, 0.1) is 17.8 Å². The predicted octanol–water partition coefficient (Wildman–Crippen LogP) is 4.34. The quantitative estimate of drug-likeness (QED) is 0.558. The van der Waals surface area contributed by atoms with Crippen molar-refractivity contribution in [2.75, 3.05) is 0 Å².